The molecule has 0 saturated carbocycles. The van der Waals surface area contributed by atoms with E-state index in [1.807, 2.05) is 23.6 Å². The van der Waals surface area contributed by atoms with Gasteiger partial charge in [-0.15, -0.1) is 11.3 Å². The topological polar surface area (TPSA) is 78.3 Å². The molecule has 0 spiro atoms. The van der Waals surface area contributed by atoms with Crippen LogP contribution in [0.4, 0.5) is 10.2 Å². The van der Waals surface area contributed by atoms with E-state index in [0.717, 1.165) is 11.3 Å². The lowest BCUT2D eigenvalue weighted by atomic mass is 10.1. The van der Waals surface area contributed by atoms with Crippen LogP contribution in [0.15, 0.2) is 53.9 Å². The number of aromatic nitrogens is 3. The van der Waals surface area contributed by atoms with Crippen molar-refractivity contribution in [3.8, 4) is 33.5 Å². The van der Waals surface area contributed by atoms with E-state index in [2.05, 4.69) is 15.4 Å². The zero-order valence-electron chi connectivity index (χ0n) is 15.8. The number of rotatable bonds is 4. The number of carbonyl (C=O) groups excluding carboxylic acids is 1. The molecular formula is C21H15FN4O3S. The number of fused-ring (bicyclic) bond motifs is 1. The summed E-state index contributed by atoms with van der Waals surface area (Å²) in [5, 5.41) is 9.75. The van der Waals surface area contributed by atoms with Crippen LogP contribution in [-0.2, 0) is 7.05 Å². The normalized spacial score (nSPS) is 12.2. The molecular weight excluding hydrogens is 407 g/mol. The number of aryl methyl sites for hydroxylation is 1. The van der Waals surface area contributed by atoms with Gasteiger partial charge >= 0.3 is 0 Å². The number of amides is 1. The second kappa shape index (κ2) is 7.27. The van der Waals surface area contributed by atoms with Crippen LogP contribution in [0, 0.1) is 5.82 Å². The van der Waals surface area contributed by atoms with Crippen molar-refractivity contribution in [2.24, 2.45) is 7.05 Å². The Morgan fingerprint density at radius 3 is 2.83 bits per heavy atom. The minimum Gasteiger partial charge on any atom is -0.454 e. The summed E-state index contributed by atoms with van der Waals surface area (Å²) in [6, 6.07) is 13.2. The van der Waals surface area contributed by atoms with Crippen molar-refractivity contribution in [1.29, 1.82) is 0 Å². The van der Waals surface area contributed by atoms with E-state index in [0.29, 0.717) is 28.0 Å². The Morgan fingerprint density at radius 2 is 1.97 bits per heavy atom. The number of benzene rings is 2. The van der Waals surface area contributed by atoms with Crippen molar-refractivity contribution in [3.05, 3.63) is 65.3 Å². The van der Waals surface area contributed by atoms with Crippen LogP contribution in [-0.4, -0.2) is 27.5 Å². The van der Waals surface area contributed by atoms with Gasteiger partial charge in [0.1, 0.15) is 22.3 Å². The summed E-state index contributed by atoms with van der Waals surface area (Å²) in [5.74, 6) is 0.735. The maximum absolute atomic E-state index is 13.9. The molecule has 4 aromatic rings. The number of nitrogens with one attached hydrogen (secondary N) is 1. The number of hydrogen-bond donors (Lipinski definition) is 1. The molecule has 9 heteroatoms. The van der Waals surface area contributed by atoms with Gasteiger partial charge in [-0.25, -0.2) is 9.37 Å². The number of nitrogens with zero attached hydrogens (tertiary/aromatic N) is 3. The highest BCUT2D eigenvalue weighted by molar-refractivity contribution is 7.13. The van der Waals surface area contributed by atoms with Crippen molar-refractivity contribution in [1.82, 2.24) is 14.8 Å². The molecule has 0 bridgehead atoms. The van der Waals surface area contributed by atoms with Gasteiger partial charge in [0.2, 0.25) is 6.79 Å². The van der Waals surface area contributed by atoms with Crippen molar-refractivity contribution < 1.29 is 18.7 Å². The quantitative estimate of drug-likeness (QED) is 0.530. The number of thiazole rings is 1. The fourth-order valence-corrected chi connectivity index (χ4v) is 3.88. The highest BCUT2D eigenvalue weighted by Crippen LogP contribution is 2.37. The SMILES string of the molecule is Cn1nc(-c2nc(-c3ccc4c(c3)OCO4)cs2)cc1NC(=O)c1ccccc1F. The first-order valence-corrected chi connectivity index (χ1v) is 9.92. The van der Waals surface area contributed by atoms with Gasteiger partial charge in [0.25, 0.3) is 5.91 Å². The van der Waals surface area contributed by atoms with Gasteiger partial charge in [-0.3, -0.25) is 9.48 Å². The summed E-state index contributed by atoms with van der Waals surface area (Å²) in [7, 11) is 1.70. The van der Waals surface area contributed by atoms with Gasteiger partial charge in [-0.05, 0) is 30.3 Å². The molecule has 1 aliphatic heterocycles. The van der Waals surface area contributed by atoms with Crippen molar-refractivity contribution in [3.63, 3.8) is 0 Å². The summed E-state index contributed by atoms with van der Waals surface area (Å²) in [4.78, 5) is 17.0. The van der Waals surface area contributed by atoms with E-state index in [9.17, 15) is 9.18 Å². The first-order valence-electron chi connectivity index (χ1n) is 9.04. The molecule has 1 amide bonds. The summed E-state index contributed by atoms with van der Waals surface area (Å²) < 4.78 is 26.1. The standard InChI is InChI=1S/C21H15FN4O3S/c1-26-19(24-20(27)13-4-2-3-5-14(13)22)9-15(25-26)21-23-16(10-30-21)12-6-7-17-18(8-12)29-11-28-17/h2-10H,11H2,1H3,(H,24,27). The highest BCUT2D eigenvalue weighted by atomic mass is 32.1. The van der Waals surface area contributed by atoms with Crippen LogP contribution >= 0.6 is 11.3 Å². The molecule has 0 saturated heterocycles. The molecule has 1 N–H and O–H groups in total. The number of anilines is 1. The molecule has 2 aromatic heterocycles. The molecule has 2 aromatic carbocycles. The Morgan fingerprint density at radius 1 is 1.13 bits per heavy atom. The average Bonchev–Trinajstić information content (AvgIpc) is 3.47. The molecule has 0 fully saturated rings. The van der Waals surface area contributed by atoms with Gasteiger partial charge in [0, 0.05) is 24.1 Å². The number of ether oxygens (including phenoxy) is 2. The first-order chi connectivity index (χ1) is 14.6. The van der Waals surface area contributed by atoms with Crippen LogP contribution in [0.3, 0.4) is 0 Å². The van der Waals surface area contributed by atoms with Crippen LogP contribution in [0.1, 0.15) is 10.4 Å². The van der Waals surface area contributed by atoms with E-state index in [1.54, 1.807) is 19.2 Å². The van der Waals surface area contributed by atoms with Gasteiger partial charge in [-0.1, -0.05) is 12.1 Å². The third-order valence-corrected chi connectivity index (χ3v) is 5.50. The number of hydrogen-bond acceptors (Lipinski definition) is 6. The van der Waals surface area contributed by atoms with E-state index in [-0.39, 0.29) is 12.4 Å². The van der Waals surface area contributed by atoms with Crippen LogP contribution in [0.25, 0.3) is 22.0 Å². The minimum atomic E-state index is -0.578. The summed E-state index contributed by atoms with van der Waals surface area (Å²) >= 11 is 1.44. The molecule has 7 nitrogen and oxygen atoms in total. The van der Waals surface area contributed by atoms with Crippen molar-refractivity contribution >= 4 is 23.1 Å². The second-order valence-electron chi connectivity index (χ2n) is 6.58. The van der Waals surface area contributed by atoms with Crippen LogP contribution in [0.5, 0.6) is 11.5 Å². The molecule has 150 valence electrons. The van der Waals surface area contributed by atoms with Gasteiger partial charge in [-0.2, -0.15) is 5.10 Å². The van der Waals surface area contributed by atoms with Crippen molar-refractivity contribution in [2.75, 3.05) is 12.1 Å². The predicted molar refractivity (Wildman–Crippen MR) is 110 cm³/mol. The number of halogens is 1. The third-order valence-electron chi connectivity index (χ3n) is 4.63. The Labute approximate surface area is 174 Å². The highest BCUT2D eigenvalue weighted by Gasteiger charge is 2.18. The van der Waals surface area contributed by atoms with Crippen LogP contribution < -0.4 is 14.8 Å². The second-order valence-corrected chi connectivity index (χ2v) is 7.44. The number of carbonyl (C=O) groups is 1. The van der Waals surface area contributed by atoms with Gasteiger partial charge in [0.15, 0.2) is 11.5 Å². The zero-order chi connectivity index (χ0) is 20.7. The Hall–Kier alpha value is -3.72. The van der Waals surface area contributed by atoms with Crippen molar-refractivity contribution in [2.45, 2.75) is 0 Å². The minimum absolute atomic E-state index is 0.0282. The molecule has 0 atom stereocenters. The van der Waals surface area contributed by atoms with E-state index in [4.69, 9.17) is 9.47 Å². The fraction of sp³-hybridized carbons (Fsp3) is 0.0952. The summed E-state index contributed by atoms with van der Waals surface area (Å²) in [6.45, 7) is 0.219. The monoisotopic (exact) mass is 422 g/mol. The molecule has 0 unspecified atom stereocenters. The Bertz CT molecular complexity index is 1270. The van der Waals surface area contributed by atoms with Crippen LogP contribution in [0.2, 0.25) is 0 Å². The predicted octanol–water partition coefficient (Wildman–Crippen LogP) is 4.33. The maximum atomic E-state index is 13.9. The lowest BCUT2D eigenvalue weighted by Gasteiger charge is -2.05. The van der Waals surface area contributed by atoms with Gasteiger partial charge < -0.3 is 14.8 Å². The third kappa shape index (κ3) is 3.29. The summed E-state index contributed by atoms with van der Waals surface area (Å²) in [5.41, 5.74) is 2.28. The largest absolute Gasteiger partial charge is 0.454 e. The molecule has 5 rings (SSSR count). The molecule has 0 radical (unpaired) electrons. The lowest BCUT2D eigenvalue weighted by molar-refractivity contribution is 0.102. The van der Waals surface area contributed by atoms with E-state index in [1.165, 1.54) is 34.2 Å². The van der Waals surface area contributed by atoms with E-state index >= 15 is 0 Å². The van der Waals surface area contributed by atoms with E-state index < -0.39 is 11.7 Å². The molecule has 1 aliphatic rings. The molecule has 3 heterocycles. The average molecular weight is 422 g/mol. The molecule has 30 heavy (non-hydrogen) atoms. The lowest BCUT2D eigenvalue weighted by Crippen LogP contribution is -2.15. The Balaban J connectivity index is 1.39. The fourth-order valence-electron chi connectivity index (χ4n) is 3.10. The Kier molecular flexibility index (Phi) is 4.44. The molecule has 0 aliphatic carbocycles. The zero-order valence-corrected chi connectivity index (χ0v) is 16.6. The smallest absolute Gasteiger partial charge is 0.259 e. The first kappa shape index (κ1) is 18.3. The maximum Gasteiger partial charge on any atom is 0.259 e. The van der Waals surface area contributed by atoms with Gasteiger partial charge in [0.05, 0.1) is 11.3 Å². The summed E-state index contributed by atoms with van der Waals surface area (Å²) in [6.07, 6.45) is 0.